The number of fused-ring (bicyclic) bond motifs is 2. The number of aryl methyl sites for hydroxylation is 1. The molecule has 6 rings (SSSR count). The molecule has 0 radical (unpaired) electrons. The van der Waals surface area contributed by atoms with Crippen molar-refractivity contribution in [3.05, 3.63) is 89.2 Å². The molecule has 0 bridgehead atoms. The first-order valence-corrected chi connectivity index (χ1v) is 11.7. The number of hydrogen-bond acceptors (Lipinski definition) is 5. The van der Waals surface area contributed by atoms with Gasteiger partial charge in [0.05, 0.1) is 28.9 Å². The van der Waals surface area contributed by atoms with Crippen LogP contribution in [0.5, 0.6) is 0 Å². The minimum absolute atomic E-state index is 0.120. The largest absolute Gasteiger partial charge is 0.364 e. The third kappa shape index (κ3) is 3.70. The predicted octanol–water partition coefficient (Wildman–Crippen LogP) is 4.84. The Balaban J connectivity index is 1.52. The highest BCUT2D eigenvalue weighted by Gasteiger charge is 2.28. The number of nitrogens with one attached hydrogen (secondary N) is 2. The van der Waals surface area contributed by atoms with Crippen molar-refractivity contribution >= 4 is 22.2 Å². The van der Waals surface area contributed by atoms with E-state index in [4.69, 9.17) is 10.1 Å². The van der Waals surface area contributed by atoms with Crippen molar-refractivity contribution in [2.75, 3.05) is 11.9 Å². The average molecular weight is 466 g/mol. The van der Waals surface area contributed by atoms with E-state index in [2.05, 4.69) is 28.8 Å². The van der Waals surface area contributed by atoms with Gasteiger partial charge in [-0.05, 0) is 42.8 Å². The van der Waals surface area contributed by atoms with E-state index in [1.807, 2.05) is 70.6 Å². The number of alkyl halides is 1. The third-order valence-corrected chi connectivity index (χ3v) is 6.62. The van der Waals surface area contributed by atoms with Crippen LogP contribution >= 0.6 is 0 Å². The molecule has 1 unspecified atom stereocenters. The zero-order valence-electron chi connectivity index (χ0n) is 19.2. The van der Waals surface area contributed by atoms with E-state index in [9.17, 15) is 9.65 Å². The molecule has 1 fully saturated rings. The summed E-state index contributed by atoms with van der Waals surface area (Å²) in [6, 6.07) is 23.9. The minimum atomic E-state index is -0.873. The van der Waals surface area contributed by atoms with Crippen LogP contribution in [0.2, 0.25) is 0 Å². The highest BCUT2D eigenvalue weighted by atomic mass is 19.1. The number of nitrogens with zero attached hydrogens (tertiary/aromatic N) is 5. The second-order valence-corrected chi connectivity index (χ2v) is 8.92. The molecule has 1 aliphatic heterocycles. The SMILES string of the molecule is Cc1cc2c(C#N)cccc2n1-c1nc(NCc2ccccc2)c2ccc(C3C[C@H](F)CN3)n2n1. The fourth-order valence-electron chi connectivity index (χ4n) is 4.92. The van der Waals surface area contributed by atoms with E-state index in [0.29, 0.717) is 36.8 Å². The van der Waals surface area contributed by atoms with Crippen molar-refractivity contribution in [2.45, 2.75) is 32.1 Å². The summed E-state index contributed by atoms with van der Waals surface area (Å²) in [5.41, 5.74) is 5.27. The maximum Gasteiger partial charge on any atom is 0.254 e. The molecule has 2 aromatic carbocycles. The van der Waals surface area contributed by atoms with Crippen LogP contribution < -0.4 is 10.6 Å². The second-order valence-electron chi connectivity index (χ2n) is 8.92. The van der Waals surface area contributed by atoms with Crippen molar-refractivity contribution < 1.29 is 4.39 Å². The number of nitriles is 1. The van der Waals surface area contributed by atoms with E-state index in [1.54, 1.807) is 0 Å². The van der Waals surface area contributed by atoms with E-state index in [-0.39, 0.29) is 6.04 Å². The van der Waals surface area contributed by atoms with Crippen molar-refractivity contribution in [2.24, 2.45) is 0 Å². The number of halogens is 1. The van der Waals surface area contributed by atoms with Gasteiger partial charge in [0.15, 0.2) is 5.82 Å². The van der Waals surface area contributed by atoms with Crippen molar-refractivity contribution in [3.63, 3.8) is 0 Å². The number of benzene rings is 2. The summed E-state index contributed by atoms with van der Waals surface area (Å²) in [6.45, 7) is 2.92. The standard InChI is InChI=1S/C27H24FN7/c1-17-12-21-19(14-29)8-5-9-23(21)34(17)27-32-26(31-15-18-6-3-2-4-7-18)25-11-10-24(35(25)33-27)22-13-20(28)16-30-22/h2-12,20,22,30H,13,15-16H2,1H3,(H,31,32,33)/t20-,22?/m0/s1. The van der Waals surface area contributed by atoms with Gasteiger partial charge in [-0.25, -0.2) is 8.91 Å². The zero-order valence-corrected chi connectivity index (χ0v) is 19.2. The average Bonchev–Trinajstić information content (AvgIpc) is 3.58. The Kier molecular flexibility index (Phi) is 5.20. The Morgan fingerprint density at radius 2 is 1.97 bits per heavy atom. The Morgan fingerprint density at radius 1 is 1.11 bits per heavy atom. The summed E-state index contributed by atoms with van der Waals surface area (Å²) in [7, 11) is 0. The van der Waals surface area contributed by atoms with Gasteiger partial charge in [0.1, 0.15) is 11.7 Å². The molecule has 5 aromatic rings. The first kappa shape index (κ1) is 21.3. The highest BCUT2D eigenvalue weighted by Crippen LogP contribution is 2.30. The van der Waals surface area contributed by atoms with Crippen LogP contribution in [-0.2, 0) is 6.54 Å². The predicted molar refractivity (Wildman–Crippen MR) is 133 cm³/mol. The Morgan fingerprint density at radius 3 is 2.74 bits per heavy atom. The van der Waals surface area contributed by atoms with Crippen LogP contribution in [0.3, 0.4) is 0 Å². The Labute approximate surface area is 201 Å². The van der Waals surface area contributed by atoms with Crippen molar-refractivity contribution in [1.82, 2.24) is 24.5 Å². The van der Waals surface area contributed by atoms with Gasteiger partial charge in [0.2, 0.25) is 0 Å². The smallest absolute Gasteiger partial charge is 0.254 e. The first-order chi connectivity index (χ1) is 17.1. The summed E-state index contributed by atoms with van der Waals surface area (Å²) in [6.07, 6.45) is -0.461. The van der Waals surface area contributed by atoms with Gasteiger partial charge in [0, 0.05) is 30.6 Å². The van der Waals surface area contributed by atoms with E-state index >= 15 is 0 Å². The molecule has 1 saturated heterocycles. The first-order valence-electron chi connectivity index (χ1n) is 11.7. The lowest BCUT2D eigenvalue weighted by Crippen LogP contribution is -2.18. The molecule has 2 atom stereocenters. The van der Waals surface area contributed by atoms with Crippen LogP contribution in [0.15, 0.2) is 66.7 Å². The van der Waals surface area contributed by atoms with Gasteiger partial charge >= 0.3 is 0 Å². The molecule has 7 nitrogen and oxygen atoms in total. The van der Waals surface area contributed by atoms with Crippen LogP contribution in [0.25, 0.3) is 22.4 Å². The molecular weight excluding hydrogens is 441 g/mol. The normalized spacial score (nSPS) is 17.7. The molecule has 0 aliphatic carbocycles. The van der Waals surface area contributed by atoms with Crippen LogP contribution in [-0.4, -0.2) is 31.9 Å². The third-order valence-electron chi connectivity index (χ3n) is 6.62. The maximum atomic E-state index is 14.0. The molecular formula is C27H24FN7. The van der Waals surface area contributed by atoms with Gasteiger partial charge in [-0.15, -0.1) is 5.10 Å². The quantitative estimate of drug-likeness (QED) is 0.388. The summed E-state index contributed by atoms with van der Waals surface area (Å²) in [5, 5.41) is 22.1. The molecule has 2 N–H and O–H groups in total. The second kappa shape index (κ2) is 8.53. The monoisotopic (exact) mass is 465 g/mol. The fraction of sp³-hybridized carbons (Fsp3) is 0.222. The summed E-state index contributed by atoms with van der Waals surface area (Å²) in [4.78, 5) is 4.92. The zero-order chi connectivity index (χ0) is 23.9. The lowest BCUT2D eigenvalue weighted by molar-refractivity contribution is 0.355. The van der Waals surface area contributed by atoms with E-state index in [1.165, 1.54) is 0 Å². The van der Waals surface area contributed by atoms with Gasteiger partial charge in [-0.3, -0.25) is 4.57 Å². The van der Waals surface area contributed by atoms with Crippen LogP contribution in [0.4, 0.5) is 10.2 Å². The number of anilines is 1. The van der Waals surface area contributed by atoms with E-state index < -0.39 is 6.17 Å². The molecule has 0 spiro atoms. The lowest BCUT2D eigenvalue weighted by atomic mass is 10.1. The van der Waals surface area contributed by atoms with Gasteiger partial charge in [-0.2, -0.15) is 10.2 Å². The number of hydrogen-bond donors (Lipinski definition) is 2. The maximum absolute atomic E-state index is 14.0. The van der Waals surface area contributed by atoms with E-state index in [0.717, 1.165) is 33.4 Å². The summed E-state index contributed by atoms with van der Waals surface area (Å²) >= 11 is 0. The molecule has 1 aliphatic rings. The minimum Gasteiger partial charge on any atom is -0.364 e. The highest BCUT2D eigenvalue weighted by molar-refractivity contribution is 5.88. The van der Waals surface area contributed by atoms with Crippen LogP contribution in [0.1, 0.15) is 35.0 Å². The Hall–Kier alpha value is -4.22. The van der Waals surface area contributed by atoms with Crippen molar-refractivity contribution in [1.29, 1.82) is 5.26 Å². The topological polar surface area (TPSA) is 83.0 Å². The molecule has 8 heteroatoms. The van der Waals surface area contributed by atoms with Gasteiger partial charge in [0.25, 0.3) is 5.95 Å². The Bertz CT molecular complexity index is 1580. The van der Waals surface area contributed by atoms with Gasteiger partial charge < -0.3 is 10.6 Å². The van der Waals surface area contributed by atoms with Crippen molar-refractivity contribution in [3.8, 4) is 12.0 Å². The summed E-state index contributed by atoms with van der Waals surface area (Å²) in [5.74, 6) is 1.18. The molecule has 35 heavy (non-hydrogen) atoms. The molecule has 174 valence electrons. The molecule has 4 heterocycles. The lowest BCUT2D eigenvalue weighted by Gasteiger charge is -2.15. The fourth-order valence-corrected chi connectivity index (χ4v) is 4.92. The molecule has 3 aromatic heterocycles. The van der Waals surface area contributed by atoms with Crippen LogP contribution in [0, 0.1) is 18.3 Å². The molecule has 0 saturated carbocycles. The number of rotatable bonds is 5. The summed E-state index contributed by atoms with van der Waals surface area (Å²) < 4.78 is 17.8. The molecule has 0 amide bonds. The number of aromatic nitrogens is 4. The van der Waals surface area contributed by atoms with Gasteiger partial charge in [-0.1, -0.05) is 36.4 Å².